The van der Waals surface area contributed by atoms with Crippen molar-refractivity contribution in [2.24, 2.45) is 0 Å². The van der Waals surface area contributed by atoms with Gasteiger partial charge in [0, 0.05) is 12.8 Å². The molecule has 5 nitrogen and oxygen atoms in total. The van der Waals surface area contributed by atoms with Crippen LogP contribution in [0, 0.1) is 0 Å². The van der Waals surface area contributed by atoms with E-state index in [0.29, 0.717) is 12.3 Å². The Kier molecular flexibility index (Phi) is 4.22. The number of carboxylic acids is 1. The molecule has 0 bridgehead atoms. The summed E-state index contributed by atoms with van der Waals surface area (Å²) >= 11 is 0. The number of nitrogens with two attached hydrogens (primary N) is 1. The zero-order chi connectivity index (χ0) is 14.5. The molecule has 4 N–H and O–H groups in total. The van der Waals surface area contributed by atoms with Crippen molar-refractivity contribution in [1.29, 1.82) is 0 Å². The van der Waals surface area contributed by atoms with Crippen LogP contribution in [-0.2, 0) is 11.3 Å². The number of rotatable bonds is 5. The molecule has 104 valence electrons. The van der Waals surface area contributed by atoms with Gasteiger partial charge in [-0.3, -0.25) is 0 Å². The van der Waals surface area contributed by atoms with Crippen LogP contribution in [0.1, 0.15) is 15.9 Å². The van der Waals surface area contributed by atoms with Gasteiger partial charge in [0.1, 0.15) is 0 Å². The molecular weight excluding hydrogens is 256 g/mol. The molecule has 2 rings (SSSR count). The number of methoxy groups -OCH3 is 1. The lowest BCUT2D eigenvalue weighted by atomic mass is 10.1. The number of ether oxygens (including phenoxy) is 1. The van der Waals surface area contributed by atoms with Crippen LogP contribution in [0.2, 0.25) is 0 Å². The van der Waals surface area contributed by atoms with Crippen LogP contribution >= 0.6 is 0 Å². The molecule has 20 heavy (non-hydrogen) atoms. The van der Waals surface area contributed by atoms with E-state index in [2.05, 4.69) is 5.32 Å². The fraction of sp³-hybridized carbons (Fsp3) is 0.133. The first kappa shape index (κ1) is 13.9. The van der Waals surface area contributed by atoms with E-state index in [1.807, 2.05) is 24.3 Å². The Morgan fingerprint density at radius 3 is 2.75 bits per heavy atom. The molecule has 2 aromatic rings. The highest BCUT2D eigenvalue weighted by Crippen LogP contribution is 2.26. The Morgan fingerprint density at radius 1 is 1.30 bits per heavy atom. The topological polar surface area (TPSA) is 84.6 Å². The van der Waals surface area contributed by atoms with Gasteiger partial charge in [0.2, 0.25) is 0 Å². The monoisotopic (exact) mass is 272 g/mol. The lowest BCUT2D eigenvalue weighted by Crippen LogP contribution is -2.05. The predicted molar refractivity (Wildman–Crippen MR) is 78.3 cm³/mol. The minimum atomic E-state index is -1.04. The molecule has 0 heterocycles. The predicted octanol–water partition coefficient (Wildman–Crippen LogP) is 2.86. The summed E-state index contributed by atoms with van der Waals surface area (Å²) in [6.45, 7) is 0.514. The molecule has 5 heteroatoms. The van der Waals surface area contributed by atoms with E-state index in [-0.39, 0.29) is 11.3 Å². The van der Waals surface area contributed by atoms with Crippen molar-refractivity contribution >= 4 is 23.0 Å². The van der Waals surface area contributed by atoms with Crippen LogP contribution in [0.3, 0.4) is 0 Å². The number of aromatic carboxylic acids is 1. The van der Waals surface area contributed by atoms with Crippen LogP contribution in [-0.4, -0.2) is 18.2 Å². The number of hydrogen-bond acceptors (Lipinski definition) is 4. The molecule has 0 aliphatic heterocycles. The Balaban J connectivity index is 2.28. The minimum Gasteiger partial charge on any atom is -0.478 e. The Hall–Kier alpha value is -2.53. The van der Waals surface area contributed by atoms with E-state index in [0.717, 1.165) is 11.3 Å². The third-order valence-corrected chi connectivity index (χ3v) is 2.85. The number of para-hydroxylation sites is 1. The first-order valence-electron chi connectivity index (χ1n) is 6.08. The van der Waals surface area contributed by atoms with Crippen molar-refractivity contribution in [3.8, 4) is 0 Å². The molecule has 0 saturated carbocycles. The van der Waals surface area contributed by atoms with Crippen molar-refractivity contribution in [2.45, 2.75) is 6.61 Å². The Bertz CT molecular complexity index is 626. The average Bonchev–Trinajstić information content (AvgIpc) is 2.42. The molecule has 0 unspecified atom stereocenters. The molecule has 0 fully saturated rings. The quantitative estimate of drug-likeness (QED) is 0.729. The zero-order valence-corrected chi connectivity index (χ0v) is 11.1. The lowest BCUT2D eigenvalue weighted by Gasteiger charge is -2.12. The second-order valence-electron chi connectivity index (χ2n) is 4.33. The second kappa shape index (κ2) is 6.08. The number of hydrogen-bond donors (Lipinski definition) is 3. The van der Waals surface area contributed by atoms with E-state index in [9.17, 15) is 4.79 Å². The van der Waals surface area contributed by atoms with Crippen molar-refractivity contribution in [3.63, 3.8) is 0 Å². The SMILES string of the molecule is COCc1cccc(Nc2cccc(C(=O)O)c2N)c1. The van der Waals surface area contributed by atoms with Crippen LogP contribution in [0.15, 0.2) is 42.5 Å². The molecule has 0 amide bonds. The van der Waals surface area contributed by atoms with Gasteiger partial charge in [-0.25, -0.2) is 4.79 Å². The highest BCUT2D eigenvalue weighted by atomic mass is 16.5. The molecule has 2 aromatic carbocycles. The maximum absolute atomic E-state index is 11.0. The summed E-state index contributed by atoms with van der Waals surface area (Å²) in [4.78, 5) is 11.0. The normalized spacial score (nSPS) is 10.2. The molecule has 0 atom stereocenters. The van der Waals surface area contributed by atoms with Crippen molar-refractivity contribution in [2.75, 3.05) is 18.2 Å². The van der Waals surface area contributed by atoms with Gasteiger partial charge in [0.15, 0.2) is 0 Å². The number of carbonyl (C=O) groups is 1. The standard InChI is InChI=1S/C15H16N2O3/c1-20-9-10-4-2-5-11(8-10)17-13-7-3-6-12(14(13)16)15(18)19/h2-8,17H,9,16H2,1H3,(H,18,19). The summed E-state index contributed by atoms with van der Waals surface area (Å²) in [5.74, 6) is -1.04. The highest BCUT2D eigenvalue weighted by Gasteiger charge is 2.11. The maximum Gasteiger partial charge on any atom is 0.337 e. The second-order valence-corrected chi connectivity index (χ2v) is 4.33. The minimum absolute atomic E-state index is 0.0862. The molecule has 0 saturated heterocycles. The van der Waals surface area contributed by atoms with Gasteiger partial charge in [0.25, 0.3) is 0 Å². The van der Waals surface area contributed by atoms with Crippen molar-refractivity contribution in [1.82, 2.24) is 0 Å². The fourth-order valence-corrected chi connectivity index (χ4v) is 1.92. The molecular formula is C15H16N2O3. The number of benzene rings is 2. The Labute approximate surface area is 117 Å². The number of anilines is 3. The van der Waals surface area contributed by atoms with Crippen molar-refractivity contribution in [3.05, 3.63) is 53.6 Å². The van der Waals surface area contributed by atoms with E-state index in [1.54, 1.807) is 19.2 Å². The number of nitrogen functional groups attached to an aromatic ring is 1. The summed E-state index contributed by atoms with van der Waals surface area (Å²) in [7, 11) is 1.63. The molecule has 0 aromatic heterocycles. The van der Waals surface area contributed by atoms with E-state index in [1.165, 1.54) is 6.07 Å². The van der Waals surface area contributed by atoms with Crippen LogP contribution in [0.5, 0.6) is 0 Å². The zero-order valence-electron chi connectivity index (χ0n) is 11.1. The van der Waals surface area contributed by atoms with E-state index in [4.69, 9.17) is 15.6 Å². The van der Waals surface area contributed by atoms with Crippen LogP contribution < -0.4 is 11.1 Å². The summed E-state index contributed by atoms with van der Waals surface area (Å²) in [6.07, 6.45) is 0. The maximum atomic E-state index is 11.0. The largest absolute Gasteiger partial charge is 0.478 e. The lowest BCUT2D eigenvalue weighted by molar-refractivity contribution is 0.0698. The van der Waals surface area contributed by atoms with Gasteiger partial charge in [-0.15, -0.1) is 0 Å². The van der Waals surface area contributed by atoms with E-state index < -0.39 is 5.97 Å². The van der Waals surface area contributed by atoms with Gasteiger partial charge >= 0.3 is 5.97 Å². The third kappa shape index (κ3) is 3.07. The third-order valence-electron chi connectivity index (χ3n) is 2.85. The van der Waals surface area contributed by atoms with Gasteiger partial charge in [0.05, 0.1) is 23.5 Å². The molecule has 0 spiro atoms. The molecule has 0 aliphatic rings. The fourth-order valence-electron chi connectivity index (χ4n) is 1.92. The molecule has 0 radical (unpaired) electrons. The molecule has 0 aliphatic carbocycles. The summed E-state index contributed by atoms with van der Waals surface area (Å²) in [6, 6.07) is 12.5. The van der Waals surface area contributed by atoms with E-state index >= 15 is 0 Å². The van der Waals surface area contributed by atoms with Gasteiger partial charge < -0.3 is 20.9 Å². The van der Waals surface area contributed by atoms with Crippen LogP contribution in [0.4, 0.5) is 17.1 Å². The van der Waals surface area contributed by atoms with Crippen molar-refractivity contribution < 1.29 is 14.6 Å². The van der Waals surface area contributed by atoms with Gasteiger partial charge in [-0.2, -0.15) is 0 Å². The first-order chi connectivity index (χ1) is 9.61. The number of carboxylic acid groups (broad SMARTS) is 1. The first-order valence-corrected chi connectivity index (χ1v) is 6.08. The summed E-state index contributed by atoms with van der Waals surface area (Å²) in [5, 5.41) is 12.2. The summed E-state index contributed by atoms with van der Waals surface area (Å²) in [5.41, 5.74) is 8.58. The van der Waals surface area contributed by atoms with Gasteiger partial charge in [-0.1, -0.05) is 18.2 Å². The van der Waals surface area contributed by atoms with Gasteiger partial charge in [-0.05, 0) is 29.8 Å². The smallest absolute Gasteiger partial charge is 0.337 e. The highest BCUT2D eigenvalue weighted by molar-refractivity contribution is 5.97. The summed E-state index contributed by atoms with van der Waals surface area (Å²) < 4.78 is 5.08. The van der Waals surface area contributed by atoms with Crippen LogP contribution in [0.25, 0.3) is 0 Å². The Morgan fingerprint density at radius 2 is 2.05 bits per heavy atom. The average molecular weight is 272 g/mol. The number of nitrogens with one attached hydrogen (secondary N) is 1.